The molecule has 3 nitrogen and oxygen atoms in total. The lowest BCUT2D eigenvalue weighted by Crippen LogP contribution is -2.41. The van der Waals surface area contributed by atoms with Gasteiger partial charge in [-0.05, 0) is 22.6 Å². The Bertz CT molecular complexity index is 698. The molecule has 0 saturated carbocycles. The van der Waals surface area contributed by atoms with Crippen molar-refractivity contribution in [2.24, 2.45) is 0 Å². The lowest BCUT2D eigenvalue weighted by Gasteiger charge is -2.27. The van der Waals surface area contributed by atoms with Crippen molar-refractivity contribution in [3.63, 3.8) is 0 Å². The summed E-state index contributed by atoms with van der Waals surface area (Å²) in [6.45, 7) is 6.50. The van der Waals surface area contributed by atoms with Crippen LogP contribution in [0.15, 0.2) is 48.5 Å². The summed E-state index contributed by atoms with van der Waals surface area (Å²) in [6.07, 6.45) is 0.491. The first-order valence-corrected chi connectivity index (χ1v) is 7.83. The zero-order valence-corrected chi connectivity index (χ0v) is 14.1. The fourth-order valence-electron chi connectivity index (χ4n) is 3.04. The first-order chi connectivity index (χ1) is 10.9. The van der Waals surface area contributed by atoms with Gasteiger partial charge in [0.15, 0.2) is 0 Å². The molecule has 0 saturated heterocycles. The van der Waals surface area contributed by atoms with Gasteiger partial charge < -0.3 is 9.47 Å². The third-order valence-corrected chi connectivity index (χ3v) is 4.43. The van der Waals surface area contributed by atoms with Crippen molar-refractivity contribution in [2.45, 2.75) is 38.2 Å². The summed E-state index contributed by atoms with van der Waals surface area (Å²) in [6, 6.07) is 15.8. The van der Waals surface area contributed by atoms with Gasteiger partial charge in [0, 0.05) is 12.0 Å². The van der Waals surface area contributed by atoms with Crippen molar-refractivity contribution in [3.8, 4) is 5.75 Å². The maximum Gasteiger partial charge on any atom is 0.355 e. The van der Waals surface area contributed by atoms with Crippen LogP contribution in [0.2, 0.25) is 0 Å². The van der Waals surface area contributed by atoms with Crippen molar-refractivity contribution >= 4 is 5.97 Å². The molecule has 0 aromatic heterocycles. The quantitative estimate of drug-likeness (QED) is 0.787. The second kappa shape index (κ2) is 5.41. The Morgan fingerprint density at radius 3 is 2.30 bits per heavy atom. The number of esters is 1. The molecule has 23 heavy (non-hydrogen) atoms. The predicted molar refractivity (Wildman–Crippen MR) is 89.6 cm³/mol. The minimum absolute atomic E-state index is 0.0659. The van der Waals surface area contributed by atoms with Gasteiger partial charge in [-0.3, -0.25) is 0 Å². The summed E-state index contributed by atoms with van der Waals surface area (Å²) < 4.78 is 11.1. The van der Waals surface area contributed by atoms with Crippen LogP contribution in [-0.4, -0.2) is 13.1 Å². The van der Waals surface area contributed by atoms with Crippen LogP contribution >= 0.6 is 0 Å². The van der Waals surface area contributed by atoms with Gasteiger partial charge in [0.05, 0.1) is 7.11 Å². The molecule has 120 valence electrons. The van der Waals surface area contributed by atoms with Gasteiger partial charge >= 0.3 is 5.97 Å². The Hall–Kier alpha value is -2.29. The summed E-state index contributed by atoms with van der Waals surface area (Å²) in [4.78, 5) is 12.5. The Morgan fingerprint density at radius 2 is 1.74 bits per heavy atom. The van der Waals surface area contributed by atoms with Gasteiger partial charge in [0.25, 0.3) is 0 Å². The van der Waals surface area contributed by atoms with E-state index in [2.05, 4.69) is 32.9 Å². The van der Waals surface area contributed by atoms with E-state index >= 15 is 0 Å². The third-order valence-electron chi connectivity index (χ3n) is 4.43. The van der Waals surface area contributed by atoms with E-state index in [4.69, 9.17) is 9.47 Å². The molecule has 1 aliphatic rings. The standard InChI is InChI=1S/C20H22O3/c1-19(2,3)15-9-11-16(12-10-15)20(18(21)22-4)13-14-7-5-6-8-17(14)23-20/h5-12H,13H2,1-4H3. The number of methoxy groups -OCH3 is 1. The molecule has 3 heteroatoms. The number of ether oxygens (including phenoxy) is 2. The topological polar surface area (TPSA) is 35.5 Å². The molecular weight excluding hydrogens is 288 g/mol. The number of fused-ring (bicyclic) bond motifs is 1. The van der Waals surface area contributed by atoms with Crippen LogP contribution in [0.4, 0.5) is 0 Å². The first kappa shape index (κ1) is 15.6. The molecule has 2 aromatic carbocycles. The highest BCUT2D eigenvalue weighted by atomic mass is 16.6. The van der Waals surface area contributed by atoms with Crippen LogP contribution < -0.4 is 4.74 Å². The number of carbonyl (C=O) groups is 1. The maximum atomic E-state index is 12.5. The van der Waals surface area contributed by atoms with Gasteiger partial charge in [-0.1, -0.05) is 63.2 Å². The number of rotatable bonds is 2. The molecule has 0 N–H and O–H groups in total. The molecule has 0 amide bonds. The van der Waals surface area contributed by atoms with Gasteiger partial charge in [0.1, 0.15) is 5.75 Å². The Labute approximate surface area is 137 Å². The predicted octanol–water partition coefficient (Wildman–Crippen LogP) is 3.99. The molecule has 0 bridgehead atoms. The lowest BCUT2D eigenvalue weighted by atomic mass is 9.83. The van der Waals surface area contributed by atoms with Crippen LogP contribution in [0, 0.1) is 0 Å². The molecule has 1 heterocycles. The van der Waals surface area contributed by atoms with Crippen LogP contribution in [0.1, 0.15) is 37.5 Å². The largest absolute Gasteiger partial charge is 0.470 e. The van der Waals surface area contributed by atoms with Gasteiger partial charge in [0.2, 0.25) is 5.60 Å². The smallest absolute Gasteiger partial charge is 0.355 e. The number of benzene rings is 2. The fourth-order valence-corrected chi connectivity index (χ4v) is 3.04. The van der Waals surface area contributed by atoms with Crippen LogP contribution in [-0.2, 0) is 27.0 Å². The lowest BCUT2D eigenvalue weighted by molar-refractivity contribution is -0.158. The average Bonchev–Trinajstić information content (AvgIpc) is 2.94. The van der Waals surface area contributed by atoms with Crippen molar-refractivity contribution in [1.29, 1.82) is 0 Å². The zero-order chi connectivity index (χ0) is 16.7. The molecular formula is C20H22O3. The van der Waals surface area contributed by atoms with Crippen LogP contribution in [0.5, 0.6) is 5.75 Å². The maximum absolute atomic E-state index is 12.5. The van der Waals surface area contributed by atoms with Gasteiger partial charge in [-0.25, -0.2) is 4.79 Å². The van der Waals surface area contributed by atoms with Crippen LogP contribution in [0.3, 0.4) is 0 Å². The molecule has 0 fully saturated rings. The van der Waals surface area contributed by atoms with E-state index in [1.54, 1.807) is 0 Å². The van der Waals surface area contributed by atoms with E-state index in [1.165, 1.54) is 12.7 Å². The van der Waals surface area contributed by atoms with Crippen molar-refractivity contribution in [2.75, 3.05) is 7.11 Å². The highest BCUT2D eigenvalue weighted by molar-refractivity contribution is 5.83. The third kappa shape index (κ3) is 2.61. The highest BCUT2D eigenvalue weighted by Crippen LogP contribution is 2.42. The summed E-state index contributed by atoms with van der Waals surface area (Å²) in [5, 5.41) is 0. The molecule has 0 spiro atoms. The second-order valence-corrected chi connectivity index (χ2v) is 7.03. The summed E-state index contributed by atoms with van der Waals surface area (Å²) in [5.74, 6) is 0.384. The Kier molecular flexibility index (Phi) is 3.67. The van der Waals surface area contributed by atoms with E-state index in [-0.39, 0.29) is 11.4 Å². The minimum Gasteiger partial charge on any atom is -0.470 e. The number of hydrogen-bond acceptors (Lipinski definition) is 3. The van der Waals surface area contributed by atoms with Gasteiger partial charge in [-0.15, -0.1) is 0 Å². The van der Waals surface area contributed by atoms with E-state index in [0.29, 0.717) is 6.42 Å². The summed E-state index contributed by atoms with van der Waals surface area (Å²) >= 11 is 0. The van der Waals surface area contributed by atoms with Crippen molar-refractivity contribution < 1.29 is 14.3 Å². The molecule has 2 aromatic rings. The molecule has 0 radical (unpaired) electrons. The molecule has 1 atom stereocenters. The number of carbonyl (C=O) groups excluding carboxylic acids is 1. The number of hydrogen-bond donors (Lipinski definition) is 0. The zero-order valence-electron chi connectivity index (χ0n) is 14.1. The fraction of sp³-hybridized carbons (Fsp3) is 0.350. The molecule has 3 rings (SSSR count). The normalized spacial score (nSPS) is 19.8. The van der Waals surface area contributed by atoms with Crippen molar-refractivity contribution in [3.05, 3.63) is 65.2 Å². The van der Waals surface area contributed by atoms with E-state index in [9.17, 15) is 4.79 Å². The van der Waals surface area contributed by atoms with E-state index in [0.717, 1.165) is 16.9 Å². The monoisotopic (exact) mass is 310 g/mol. The average molecular weight is 310 g/mol. The van der Waals surface area contributed by atoms with Crippen molar-refractivity contribution in [1.82, 2.24) is 0 Å². The van der Waals surface area contributed by atoms with Crippen LogP contribution in [0.25, 0.3) is 0 Å². The minimum atomic E-state index is -1.09. The van der Waals surface area contributed by atoms with E-state index < -0.39 is 5.60 Å². The summed E-state index contributed by atoms with van der Waals surface area (Å²) in [7, 11) is 1.40. The number of para-hydroxylation sites is 1. The van der Waals surface area contributed by atoms with E-state index in [1.807, 2.05) is 36.4 Å². The molecule has 0 aliphatic carbocycles. The molecule has 1 aliphatic heterocycles. The molecule has 1 unspecified atom stereocenters. The first-order valence-electron chi connectivity index (χ1n) is 7.83. The summed E-state index contributed by atoms with van der Waals surface area (Å²) in [5.41, 5.74) is 2.05. The Balaban J connectivity index is 2.04. The highest BCUT2D eigenvalue weighted by Gasteiger charge is 2.49. The SMILES string of the molecule is COC(=O)C1(c2ccc(C(C)(C)C)cc2)Cc2ccccc2O1. The second-order valence-electron chi connectivity index (χ2n) is 7.03. The Morgan fingerprint density at radius 1 is 1.09 bits per heavy atom. The van der Waals surface area contributed by atoms with Gasteiger partial charge in [-0.2, -0.15) is 0 Å².